The number of alkyl halides is 1. The van der Waals surface area contributed by atoms with Gasteiger partial charge >= 0.3 is 0 Å². The van der Waals surface area contributed by atoms with Crippen LogP contribution in [0.15, 0.2) is 40.9 Å². The highest BCUT2D eigenvalue weighted by molar-refractivity contribution is 9.10. The molecular weight excluding hydrogens is 362 g/mol. The zero-order valence-corrected chi connectivity index (χ0v) is 13.1. The van der Waals surface area contributed by atoms with E-state index < -0.39 is 11.6 Å². The maximum atomic E-state index is 13.9. The molecule has 0 spiro atoms. The van der Waals surface area contributed by atoms with Gasteiger partial charge in [0.2, 0.25) is 0 Å². The van der Waals surface area contributed by atoms with E-state index in [1.807, 2.05) is 24.3 Å². The molecule has 0 aliphatic rings. The van der Waals surface area contributed by atoms with Gasteiger partial charge < -0.3 is 0 Å². The number of benzene rings is 2. The third-order valence-electron chi connectivity index (χ3n) is 3.13. The van der Waals surface area contributed by atoms with Gasteiger partial charge in [-0.2, -0.15) is 0 Å². The maximum Gasteiger partial charge on any atom is 0.153 e. The molecule has 2 aromatic carbocycles. The average molecular weight is 372 g/mol. The van der Waals surface area contributed by atoms with Gasteiger partial charge in [0, 0.05) is 34.6 Å². The number of rotatable bonds is 3. The number of aromatic nitrogens is 2. The van der Waals surface area contributed by atoms with Crippen molar-refractivity contribution < 1.29 is 8.78 Å². The van der Waals surface area contributed by atoms with E-state index in [1.165, 1.54) is 6.07 Å². The predicted octanol–water partition coefficient (Wildman–Crippen LogP) is 4.85. The Hall–Kier alpha value is -1.46. The Kier molecular flexibility index (Phi) is 3.95. The lowest BCUT2D eigenvalue weighted by atomic mass is 10.2. The summed E-state index contributed by atoms with van der Waals surface area (Å²) < 4.78 is 30.1. The topological polar surface area (TPSA) is 17.8 Å². The third kappa shape index (κ3) is 2.68. The van der Waals surface area contributed by atoms with E-state index in [0.29, 0.717) is 23.6 Å². The zero-order chi connectivity index (χ0) is 15.0. The molecule has 0 atom stereocenters. The number of nitrogens with zero attached hydrogens (tertiary/aromatic N) is 2. The van der Waals surface area contributed by atoms with Crippen LogP contribution in [0.2, 0.25) is 0 Å². The number of hydrogen-bond donors (Lipinski definition) is 0. The van der Waals surface area contributed by atoms with Gasteiger partial charge in [-0.05, 0) is 18.2 Å². The van der Waals surface area contributed by atoms with Crippen molar-refractivity contribution in [3.63, 3.8) is 0 Å². The number of halogens is 4. The van der Waals surface area contributed by atoms with Crippen molar-refractivity contribution in [1.29, 1.82) is 0 Å². The molecule has 0 saturated heterocycles. The highest BCUT2D eigenvalue weighted by Gasteiger charge is 2.16. The minimum atomic E-state index is -0.672. The second kappa shape index (κ2) is 5.73. The first-order valence-electron chi connectivity index (χ1n) is 6.28. The van der Waals surface area contributed by atoms with Crippen LogP contribution in [-0.4, -0.2) is 15.4 Å². The van der Waals surface area contributed by atoms with Crippen LogP contribution >= 0.6 is 27.5 Å². The summed E-state index contributed by atoms with van der Waals surface area (Å²) >= 11 is 9.19. The van der Waals surface area contributed by atoms with Crippen LogP contribution in [0, 0.1) is 11.6 Å². The molecule has 3 aromatic rings. The van der Waals surface area contributed by atoms with Crippen LogP contribution < -0.4 is 0 Å². The van der Waals surface area contributed by atoms with E-state index in [4.69, 9.17) is 11.6 Å². The Morgan fingerprint density at radius 1 is 1.19 bits per heavy atom. The molecule has 0 bridgehead atoms. The van der Waals surface area contributed by atoms with Crippen LogP contribution in [0.3, 0.4) is 0 Å². The predicted molar refractivity (Wildman–Crippen MR) is 83.1 cm³/mol. The second-order valence-electron chi connectivity index (χ2n) is 4.54. The minimum absolute atomic E-state index is 0.150. The lowest BCUT2D eigenvalue weighted by molar-refractivity contribution is 0.590. The highest BCUT2D eigenvalue weighted by Crippen LogP contribution is 2.26. The Morgan fingerprint density at radius 2 is 2.00 bits per heavy atom. The zero-order valence-electron chi connectivity index (χ0n) is 10.8. The molecule has 0 aliphatic carbocycles. The molecular formula is C15H10BrClF2N2. The molecule has 0 aliphatic heterocycles. The van der Waals surface area contributed by atoms with Gasteiger partial charge in [-0.1, -0.05) is 22.0 Å². The smallest absolute Gasteiger partial charge is 0.153 e. The molecule has 2 nitrogen and oxygen atoms in total. The van der Waals surface area contributed by atoms with Crippen molar-refractivity contribution in [2.24, 2.45) is 0 Å². The molecule has 0 saturated carbocycles. The minimum Gasteiger partial charge on any atom is -0.296 e. The van der Waals surface area contributed by atoms with E-state index >= 15 is 0 Å². The molecule has 0 radical (unpaired) electrons. The van der Waals surface area contributed by atoms with Gasteiger partial charge in [0.05, 0.1) is 5.52 Å². The normalized spacial score (nSPS) is 11.2. The van der Waals surface area contributed by atoms with Gasteiger partial charge in [-0.25, -0.2) is 13.8 Å². The maximum absolute atomic E-state index is 13.9. The molecule has 1 heterocycles. The standard InChI is InChI=1S/C15H10BrClF2N2/c16-9-2-1-3-11(6-9)21-13-8-10(18)7-12(19)15(13)20-14(21)4-5-17/h1-3,6-8H,4-5H2. The van der Waals surface area contributed by atoms with E-state index in [2.05, 4.69) is 20.9 Å². The fourth-order valence-corrected chi connectivity index (χ4v) is 2.86. The van der Waals surface area contributed by atoms with Crippen LogP contribution in [0.1, 0.15) is 5.82 Å². The van der Waals surface area contributed by atoms with Gasteiger partial charge in [0.25, 0.3) is 0 Å². The first kappa shape index (κ1) is 14.5. The van der Waals surface area contributed by atoms with Crippen LogP contribution in [0.25, 0.3) is 16.7 Å². The van der Waals surface area contributed by atoms with Crippen molar-refractivity contribution in [3.8, 4) is 5.69 Å². The summed E-state index contributed by atoms with van der Waals surface area (Å²) in [5.41, 5.74) is 1.32. The Bertz CT molecular complexity index is 817. The van der Waals surface area contributed by atoms with Gasteiger partial charge in [0.15, 0.2) is 5.82 Å². The summed E-state index contributed by atoms with van der Waals surface area (Å²) in [7, 11) is 0. The molecule has 0 unspecified atom stereocenters. The van der Waals surface area contributed by atoms with Crippen molar-refractivity contribution in [3.05, 3.63) is 58.3 Å². The van der Waals surface area contributed by atoms with E-state index in [-0.39, 0.29) is 5.52 Å². The molecule has 6 heteroatoms. The second-order valence-corrected chi connectivity index (χ2v) is 5.83. The summed E-state index contributed by atoms with van der Waals surface area (Å²) in [5, 5.41) is 0. The highest BCUT2D eigenvalue weighted by atomic mass is 79.9. The van der Waals surface area contributed by atoms with E-state index in [9.17, 15) is 8.78 Å². The van der Waals surface area contributed by atoms with E-state index in [1.54, 1.807) is 4.57 Å². The first-order chi connectivity index (χ1) is 10.1. The summed E-state index contributed by atoms with van der Waals surface area (Å²) in [6, 6.07) is 9.57. The monoisotopic (exact) mass is 370 g/mol. The number of aryl methyl sites for hydroxylation is 1. The third-order valence-corrected chi connectivity index (χ3v) is 3.81. The largest absolute Gasteiger partial charge is 0.296 e. The lowest BCUT2D eigenvalue weighted by Crippen LogP contribution is -2.02. The van der Waals surface area contributed by atoms with Crippen LogP contribution in [0.4, 0.5) is 8.78 Å². The van der Waals surface area contributed by atoms with Crippen LogP contribution in [0.5, 0.6) is 0 Å². The van der Waals surface area contributed by atoms with Crippen LogP contribution in [-0.2, 0) is 6.42 Å². The molecule has 0 amide bonds. The lowest BCUT2D eigenvalue weighted by Gasteiger charge is -2.09. The summed E-state index contributed by atoms with van der Waals surface area (Å²) in [4.78, 5) is 4.27. The molecule has 108 valence electrons. The Balaban J connectivity index is 2.35. The van der Waals surface area contributed by atoms with Crippen molar-refractivity contribution >= 4 is 38.6 Å². The van der Waals surface area contributed by atoms with Gasteiger partial charge in [-0.3, -0.25) is 4.57 Å². The fraction of sp³-hybridized carbons (Fsp3) is 0.133. The first-order valence-corrected chi connectivity index (χ1v) is 7.61. The molecule has 0 fully saturated rings. The SMILES string of the molecule is Fc1cc(F)c2nc(CCCl)n(-c3cccc(Br)c3)c2c1. The Morgan fingerprint density at radius 3 is 2.71 bits per heavy atom. The quantitative estimate of drug-likeness (QED) is 0.602. The molecule has 21 heavy (non-hydrogen) atoms. The fourth-order valence-electron chi connectivity index (χ4n) is 2.31. The summed E-state index contributed by atoms with van der Waals surface area (Å²) in [6.45, 7) is 0. The number of fused-ring (bicyclic) bond motifs is 1. The summed E-state index contributed by atoms with van der Waals surface area (Å²) in [5.74, 6) is -0.354. The van der Waals surface area contributed by atoms with Crippen molar-refractivity contribution in [1.82, 2.24) is 9.55 Å². The van der Waals surface area contributed by atoms with Gasteiger partial charge in [0.1, 0.15) is 17.2 Å². The number of imidazole rings is 1. The van der Waals surface area contributed by atoms with Crippen molar-refractivity contribution in [2.75, 3.05) is 5.88 Å². The molecule has 3 rings (SSSR count). The van der Waals surface area contributed by atoms with Crippen molar-refractivity contribution in [2.45, 2.75) is 6.42 Å². The Labute approximate surface area is 133 Å². The summed E-state index contributed by atoms with van der Waals surface area (Å²) in [6.07, 6.45) is 0.462. The molecule has 0 N–H and O–H groups in total. The van der Waals surface area contributed by atoms with E-state index in [0.717, 1.165) is 16.2 Å². The average Bonchev–Trinajstić information content (AvgIpc) is 2.77. The number of hydrogen-bond acceptors (Lipinski definition) is 1. The van der Waals surface area contributed by atoms with Gasteiger partial charge in [-0.15, -0.1) is 11.6 Å². The molecule has 1 aromatic heterocycles.